The van der Waals surface area contributed by atoms with Crippen molar-refractivity contribution in [1.82, 2.24) is 15.3 Å². The van der Waals surface area contributed by atoms with E-state index in [0.717, 1.165) is 5.69 Å². The van der Waals surface area contributed by atoms with Crippen LogP contribution < -0.4 is 30.7 Å². The second-order valence-corrected chi connectivity index (χ2v) is 8.87. The fraction of sp³-hybridized carbons (Fsp3) is 0.385. The first-order chi connectivity index (χ1) is 18.5. The summed E-state index contributed by atoms with van der Waals surface area (Å²) in [5, 5.41) is 5.78. The average molecular weight is 522 g/mol. The number of anilines is 2. The number of aliphatic imine (C=N–C) groups is 1. The average Bonchev–Trinajstić information content (AvgIpc) is 3.56. The Kier molecular flexibility index (Phi) is 7.05. The third-order valence-corrected chi connectivity index (χ3v) is 6.60. The molecule has 1 fully saturated rings. The molecule has 1 saturated heterocycles. The smallest absolute Gasteiger partial charge is 0.253 e. The second kappa shape index (κ2) is 10.6. The Balaban J connectivity index is 1.50. The molecule has 200 valence electrons. The highest BCUT2D eigenvalue weighted by Gasteiger charge is 2.54. The molecule has 3 aromatic rings. The number of imidazole rings is 1. The van der Waals surface area contributed by atoms with E-state index in [9.17, 15) is 9.59 Å². The highest BCUT2D eigenvalue weighted by atomic mass is 16.5. The SMILES string of the molecule is CCOc1cc(N2CCOCC2)c(OCC)cc1NC(=O)C1N=CNC1(C(N)=O)c1nc2ccccc2[nH]1. The summed E-state index contributed by atoms with van der Waals surface area (Å²) in [5.74, 6) is -0.0923. The number of para-hydroxylation sites is 2. The molecule has 0 bridgehead atoms. The summed E-state index contributed by atoms with van der Waals surface area (Å²) >= 11 is 0. The van der Waals surface area contributed by atoms with Crippen LogP contribution in [0.2, 0.25) is 0 Å². The van der Waals surface area contributed by atoms with Gasteiger partial charge < -0.3 is 40.5 Å². The fourth-order valence-electron chi connectivity index (χ4n) is 4.77. The number of aromatic amines is 1. The van der Waals surface area contributed by atoms with Crippen LogP contribution in [0.3, 0.4) is 0 Å². The standard InChI is InChI=1S/C26H31N7O5/c1-3-37-20-14-19(33-9-11-36-12-10-33)21(38-4-2)13-18(20)30-23(34)22-26(24(27)35,29-15-28-22)25-31-16-7-5-6-8-17(16)32-25/h5-8,13-15,22H,3-4,9-12H2,1-2H3,(H2,27,35)(H,28,29)(H,30,34)(H,31,32). The maximum atomic E-state index is 13.7. The van der Waals surface area contributed by atoms with Gasteiger partial charge in [-0.05, 0) is 26.0 Å². The fourth-order valence-corrected chi connectivity index (χ4v) is 4.77. The Labute approximate surface area is 219 Å². The van der Waals surface area contributed by atoms with Crippen molar-refractivity contribution in [2.75, 3.05) is 49.7 Å². The molecule has 0 aliphatic carbocycles. The summed E-state index contributed by atoms with van der Waals surface area (Å²) in [4.78, 5) is 40.7. The minimum absolute atomic E-state index is 0.201. The summed E-state index contributed by atoms with van der Waals surface area (Å²) in [7, 11) is 0. The lowest BCUT2D eigenvalue weighted by atomic mass is 9.88. The summed E-state index contributed by atoms with van der Waals surface area (Å²) < 4.78 is 17.3. The number of morpholine rings is 1. The van der Waals surface area contributed by atoms with E-state index in [1.165, 1.54) is 6.34 Å². The molecule has 2 aromatic carbocycles. The normalized spacial score (nSPS) is 20.8. The van der Waals surface area contributed by atoms with Crippen molar-refractivity contribution >= 4 is 40.6 Å². The minimum Gasteiger partial charge on any atom is -0.492 e. The van der Waals surface area contributed by atoms with Crippen LogP contribution in [0.5, 0.6) is 11.5 Å². The summed E-state index contributed by atoms with van der Waals surface area (Å²) in [6.45, 7) is 7.21. The van der Waals surface area contributed by atoms with E-state index in [2.05, 4.69) is 30.5 Å². The zero-order valence-electron chi connectivity index (χ0n) is 21.3. The van der Waals surface area contributed by atoms with Crippen molar-refractivity contribution in [2.45, 2.75) is 25.4 Å². The zero-order chi connectivity index (χ0) is 26.7. The molecular weight excluding hydrogens is 490 g/mol. The number of ether oxygens (including phenoxy) is 3. The molecule has 5 N–H and O–H groups in total. The molecule has 5 rings (SSSR count). The van der Waals surface area contributed by atoms with Crippen LogP contribution in [0.15, 0.2) is 41.4 Å². The van der Waals surface area contributed by atoms with Gasteiger partial charge in [-0.2, -0.15) is 0 Å². The van der Waals surface area contributed by atoms with Gasteiger partial charge in [-0.1, -0.05) is 12.1 Å². The number of hydrogen-bond donors (Lipinski definition) is 4. The van der Waals surface area contributed by atoms with Crippen molar-refractivity contribution in [2.24, 2.45) is 10.7 Å². The van der Waals surface area contributed by atoms with Crippen LogP contribution in [0.25, 0.3) is 11.0 Å². The van der Waals surface area contributed by atoms with Gasteiger partial charge in [0, 0.05) is 25.2 Å². The van der Waals surface area contributed by atoms with E-state index in [1.54, 1.807) is 12.1 Å². The van der Waals surface area contributed by atoms with Crippen LogP contribution in [0.1, 0.15) is 19.7 Å². The molecule has 2 unspecified atom stereocenters. The Morgan fingerprint density at radius 3 is 2.61 bits per heavy atom. The number of H-pyrrole nitrogens is 1. The maximum Gasteiger partial charge on any atom is 0.253 e. The number of fused-ring (bicyclic) bond motifs is 1. The number of benzene rings is 2. The van der Waals surface area contributed by atoms with Crippen molar-refractivity contribution in [1.29, 1.82) is 0 Å². The van der Waals surface area contributed by atoms with E-state index < -0.39 is 23.4 Å². The van der Waals surface area contributed by atoms with Gasteiger partial charge in [0.15, 0.2) is 6.04 Å². The van der Waals surface area contributed by atoms with Gasteiger partial charge in [0.2, 0.25) is 5.54 Å². The first-order valence-corrected chi connectivity index (χ1v) is 12.6. The Morgan fingerprint density at radius 1 is 1.16 bits per heavy atom. The number of carbonyl (C=O) groups is 2. The predicted molar refractivity (Wildman–Crippen MR) is 143 cm³/mol. The molecular formula is C26H31N7O5. The largest absolute Gasteiger partial charge is 0.492 e. The zero-order valence-corrected chi connectivity index (χ0v) is 21.3. The molecule has 0 saturated carbocycles. The van der Waals surface area contributed by atoms with Gasteiger partial charge in [0.25, 0.3) is 11.8 Å². The number of carbonyl (C=O) groups excluding carboxylic acids is 2. The third-order valence-electron chi connectivity index (χ3n) is 6.60. The summed E-state index contributed by atoms with van der Waals surface area (Å²) in [6, 6.07) is 9.65. The van der Waals surface area contributed by atoms with Gasteiger partial charge in [-0.15, -0.1) is 0 Å². The number of nitrogens with two attached hydrogens (primary N) is 1. The predicted octanol–water partition coefficient (Wildman–Crippen LogP) is 1.52. The minimum atomic E-state index is -1.70. The molecule has 2 amide bonds. The van der Waals surface area contributed by atoms with E-state index in [-0.39, 0.29) is 5.82 Å². The first kappa shape index (κ1) is 25.3. The lowest BCUT2D eigenvalue weighted by molar-refractivity contribution is -0.129. The van der Waals surface area contributed by atoms with Gasteiger partial charge in [0.05, 0.1) is 55.2 Å². The van der Waals surface area contributed by atoms with Crippen molar-refractivity contribution in [3.8, 4) is 11.5 Å². The van der Waals surface area contributed by atoms with Crippen LogP contribution in [-0.4, -0.2) is 73.7 Å². The molecule has 12 heteroatoms. The number of nitrogens with one attached hydrogen (secondary N) is 3. The number of hydrogen-bond acceptors (Lipinski definition) is 9. The van der Waals surface area contributed by atoms with Crippen LogP contribution in [0.4, 0.5) is 11.4 Å². The van der Waals surface area contributed by atoms with Crippen LogP contribution in [-0.2, 0) is 19.9 Å². The molecule has 12 nitrogen and oxygen atoms in total. The highest BCUT2D eigenvalue weighted by Crippen LogP contribution is 2.40. The highest BCUT2D eigenvalue weighted by molar-refractivity contribution is 6.05. The van der Waals surface area contributed by atoms with Crippen molar-refractivity contribution in [3.63, 3.8) is 0 Å². The molecule has 0 radical (unpaired) electrons. The van der Waals surface area contributed by atoms with Crippen molar-refractivity contribution < 1.29 is 23.8 Å². The Morgan fingerprint density at radius 2 is 1.89 bits per heavy atom. The van der Waals surface area contributed by atoms with Gasteiger partial charge >= 0.3 is 0 Å². The molecule has 1 aromatic heterocycles. The van der Waals surface area contributed by atoms with E-state index in [1.807, 2.05) is 38.1 Å². The molecule has 3 heterocycles. The lowest BCUT2D eigenvalue weighted by Crippen LogP contribution is -2.59. The monoisotopic (exact) mass is 521 g/mol. The van der Waals surface area contributed by atoms with E-state index >= 15 is 0 Å². The van der Waals surface area contributed by atoms with E-state index in [4.69, 9.17) is 19.9 Å². The molecule has 2 aliphatic rings. The molecule has 2 aliphatic heterocycles. The number of nitrogens with zero attached hydrogens (tertiary/aromatic N) is 3. The van der Waals surface area contributed by atoms with Gasteiger partial charge in [-0.3, -0.25) is 14.6 Å². The molecule has 0 spiro atoms. The van der Waals surface area contributed by atoms with Gasteiger partial charge in [0.1, 0.15) is 17.3 Å². The summed E-state index contributed by atoms with van der Waals surface area (Å²) in [5.41, 5.74) is 6.75. The van der Waals surface area contributed by atoms with Crippen LogP contribution in [0, 0.1) is 0 Å². The van der Waals surface area contributed by atoms with E-state index in [0.29, 0.717) is 67.7 Å². The Bertz CT molecular complexity index is 1330. The quantitative estimate of drug-likeness (QED) is 0.330. The lowest BCUT2D eigenvalue weighted by Gasteiger charge is -2.31. The van der Waals surface area contributed by atoms with Gasteiger partial charge in [-0.25, -0.2) is 4.98 Å². The number of aromatic nitrogens is 2. The molecule has 2 atom stereocenters. The number of primary amides is 1. The van der Waals surface area contributed by atoms with Crippen molar-refractivity contribution in [3.05, 3.63) is 42.2 Å². The topological polar surface area (TPSA) is 156 Å². The second-order valence-electron chi connectivity index (χ2n) is 8.87. The summed E-state index contributed by atoms with van der Waals surface area (Å²) in [6.07, 6.45) is 1.30. The number of amides is 2. The maximum absolute atomic E-state index is 13.7. The number of rotatable bonds is 9. The first-order valence-electron chi connectivity index (χ1n) is 12.6. The molecule has 38 heavy (non-hydrogen) atoms. The third kappa shape index (κ3) is 4.47. The Hall–Kier alpha value is -4.32. The van der Waals surface area contributed by atoms with Crippen LogP contribution >= 0.6 is 0 Å².